The molecular weight excluding hydrogens is 470 g/mol. The number of rotatable bonds is 8. The molecule has 0 bridgehead atoms. The number of hydrogen-bond acceptors (Lipinski definition) is 7. The van der Waals surface area contributed by atoms with E-state index in [1.54, 1.807) is 48.8 Å². The molecule has 2 heterocycles. The second-order valence-electron chi connectivity index (χ2n) is 7.73. The summed E-state index contributed by atoms with van der Waals surface area (Å²) >= 11 is 0. The van der Waals surface area contributed by atoms with Crippen LogP contribution < -0.4 is 10.3 Å². The van der Waals surface area contributed by atoms with E-state index in [1.165, 1.54) is 42.8 Å². The van der Waals surface area contributed by atoms with Gasteiger partial charge in [0, 0.05) is 37.1 Å². The molecule has 1 N–H and O–H groups in total. The molecule has 180 valence electrons. The number of sulfonamides is 1. The van der Waals surface area contributed by atoms with E-state index >= 15 is 0 Å². The van der Waals surface area contributed by atoms with Crippen molar-refractivity contribution in [2.24, 2.45) is 0 Å². The van der Waals surface area contributed by atoms with Gasteiger partial charge in [-0.25, -0.2) is 13.2 Å². The second-order valence-corrected chi connectivity index (χ2v) is 9.67. The number of nitrogens with one attached hydrogen (secondary N) is 1. The summed E-state index contributed by atoms with van der Waals surface area (Å²) in [6.45, 7) is -0.226. The first kappa shape index (κ1) is 24.1. The van der Waals surface area contributed by atoms with E-state index in [0.717, 1.165) is 5.39 Å². The molecule has 0 amide bonds. The smallest absolute Gasteiger partial charge is 0.337 e. The molecule has 9 nitrogen and oxygen atoms in total. The number of nitrogens with zero attached hydrogens (tertiary/aromatic N) is 2. The zero-order chi connectivity index (χ0) is 25.0. The average molecular weight is 494 g/mol. The van der Waals surface area contributed by atoms with Gasteiger partial charge >= 0.3 is 5.97 Å². The Balaban J connectivity index is 1.77. The van der Waals surface area contributed by atoms with Crippen molar-refractivity contribution < 1.29 is 22.7 Å². The molecule has 0 aliphatic rings. The molecule has 35 heavy (non-hydrogen) atoms. The number of esters is 1. The minimum atomic E-state index is -4.12. The Kier molecular flexibility index (Phi) is 6.94. The lowest BCUT2D eigenvalue weighted by molar-refractivity contribution is 0.0600. The Morgan fingerprint density at radius 1 is 1.03 bits per heavy atom. The number of aromatic nitrogens is 2. The van der Waals surface area contributed by atoms with Crippen molar-refractivity contribution in [1.82, 2.24) is 14.3 Å². The van der Waals surface area contributed by atoms with E-state index in [-0.39, 0.29) is 29.1 Å². The monoisotopic (exact) mass is 493 g/mol. The number of carbonyl (C=O) groups excluding carboxylic acids is 1. The van der Waals surface area contributed by atoms with Gasteiger partial charge in [0.25, 0.3) is 5.56 Å². The number of methoxy groups -OCH3 is 2. The van der Waals surface area contributed by atoms with Crippen LogP contribution in [0.4, 0.5) is 0 Å². The van der Waals surface area contributed by atoms with Gasteiger partial charge in [-0.15, -0.1) is 0 Å². The highest BCUT2D eigenvalue weighted by Gasteiger charge is 2.27. The number of pyridine rings is 2. The topological polar surface area (TPSA) is 119 Å². The minimum Gasteiger partial charge on any atom is -0.497 e. The molecule has 0 spiro atoms. The van der Waals surface area contributed by atoms with Crippen LogP contribution in [0, 0.1) is 0 Å². The third kappa shape index (κ3) is 5.23. The zero-order valence-corrected chi connectivity index (χ0v) is 19.9. The number of benzene rings is 2. The maximum atomic E-state index is 13.7. The summed E-state index contributed by atoms with van der Waals surface area (Å²) in [5.41, 5.74) is 1.17. The second kappa shape index (κ2) is 10.1. The lowest BCUT2D eigenvalue weighted by Gasteiger charge is -2.22. The van der Waals surface area contributed by atoms with Gasteiger partial charge in [0.1, 0.15) is 5.75 Å². The Hall–Kier alpha value is -4.02. The summed E-state index contributed by atoms with van der Waals surface area (Å²) in [6, 6.07) is 15.9. The van der Waals surface area contributed by atoms with E-state index in [1.807, 2.05) is 0 Å². The van der Waals surface area contributed by atoms with Crippen molar-refractivity contribution in [2.45, 2.75) is 18.0 Å². The first-order valence-electron chi connectivity index (χ1n) is 10.6. The highest BCUT2D eigenvalue weighted by molar-refractivity contribution is 7.89. The van der Waals surface area contributed by atoms with Gasteiger partial charge < -0.3 is 14.5 Å². The van der Waals surface area contributed by atoms with Gasteiger partial charge in [0.05, 0.1) is 30.2 Å². The van der Waals surface area contributed by atoms with Crippen LogP contribution in [0.15, 0.2) is 82.7 Å². The predicted octanol–water partition coefficient (Wildman–Crippen LogP) is 3.11. The first-order valence-corrected chi connectivity index (χ1v) is 12.0. The molecule has 0 saturated carbocycles. The lowest BCUT2D eigenvalue weighted by atomic mass is 10.1. The van der Waals surface area contributed by atoms with Crippen LogP contribution in [0.3, 0.4) is 0 Å². The van der Waals surface area contributed by atoms with Crippen molar-refractivity contribution in [2.75, 3.05) is 14.2 Å². The van der Waals surface area contributed by atoms with Gasteiger partial charge in [-0.05, 0) is 53.4 Å². The third-order valence-corrected chi connectivity index (χ3v) is 7.24. The summed E-state index contributed by atoms with van der Waals surface area (Å²) in [6.07, 6.45) is 3.15. The Morgan fingerprint density at radius 3 is 2.57 bits per heavy atom. The van der Waals surface area contributed by atoms with Crippen LogP contribution in [0.1, 0.15) is 21.5 Å². The molecule has 0 fully saturated rings. The summed E-state index contributed by atoms with van der Waals surface area (Å²) in [5, 5.41) is 0.729. The van der Waals surface area contributed by atoms with Gasteiger partial charge in [-0.3, -0.25) is 9.78 Å². The van der Waals surface area contributed by atoms with Crippen molar-refractivity contribution in [1.29, 1.82) is 0 Å². The number of ether oxygens (including phenoxy) is 2. The first-order chi connectivity index (χ1) is 16.8. The summed E-state index contributed by atoms with van der Waals surface area (Å²) in [7, 11) is -1.36. The molecular formula is C25H23N3O6S. The summed E-state index contributed by atoms with van der Waals surface area (Å²) in [5.74, 6) is -0.0607. The SMILES string of the molecule is COC(=O)c1cccc(S(=O)(=O)N(Cc2cccnc2)Cc2cc3ccc(OC)cc3[nH]c2=O)c1. The maximum absolute atomic E-state index is 13.7. The summed E-state index contributed by atoms with van der Waals surface area (Å²) in [4.78, 5) is 31.6. The minimum absolute atomic E-state index is 0.0291. The molecule has 0 atom stereocenters. The highest BCUT2D eigenvalue weighted by atomic mass is 32.2. The van der Waals surface area contributed by atoms with Crippen LogP contribution in [-0.2, 0) is 27.8 Å². The maximum Gasteiger partial charge on any atom is 0.337 e. The molecule has 0 saturated heterocycles. The molecule has 0 aliphatic heterocycles. The third-order valence-electron chi connectivity index (χ3n) is 5.45. The Labute approximate surface area is 202 Å². The molecule has 2 aromatic heterocycles. The molecule has 0 unspecified atom stereocenters. The number of carbonyl (C=O) groups is 1. The molecule has 10 heteroatoms. The van der Waals surface area contributed by atoms with Crippen LogP contribution in [0.2, 0.25) is 0 Å². The zero-order valence-electron chi connectivity index (χ0n) is 19.1. The lowest BCUT2D eigenvalue weighted by Crippen LogP contribution is -2.32. The van der Waals surface area contributed by atoms with Crippen LogP contribution >= 0.6 is 0 Å². The van der Waals surface area contributed by atoms with Gasteiger partial charge in [0.2, 0.25) is 10.0 Å². The fourth-order valence-electron chi connectivity index (χ4n) is 3.63. The van der Waals surface area contributed by atoms with Crippen LogP contribution in [0.5, 0.6) is 5.75 Å². The van der Waals surface area contributed by atoms with Gasteiger partial charge in [-0.2, -0.15) is 4.31 Å². The summed E-state index contributed by atoms with van der Waals surface area (Å²) < 4.78 is 38.5. The van der Waals surface area contributed by atoms with Crippen molar-refractivity contribution >= 4 is 26.9 Å². The van der Waals surface area contributed by atoms with E-state index in [9.17, 15) is 18.0 Å². The molecule has 2 aromatic carbocycles. The quantitative estimate of drug-likeness (QED) is 0.375. The molecule has 0 aliphatic carbocycles. The van der Waals surface area contributed by atoms with E-state index in [0.29, 0.717) is 16.8 Å². The van der Waals surface area contributed by atoms with Crippen molar-refractivity contribution in [3.8, 4) is 5.75 Å². The number of fused-ring (bicyclic) bond motifs is 1. The largest absolute Gasteiger partial charge is 0.497 e. The Bertz CT molecular complexity index is 1530. The van der Waals surface area contributed by atoms with Gasteiger partial charge in [-0.1, -0.05) is 12.1 Å². The fraction of sp³-hybridized carbons (Fsp3) is 0.160. The van der Waals surface area contributed by atoms with Crippen molar-refractivity contribution in [3.63, 3.8) is 0 Å². The number of aromatic amines is 1. The predicted molar refractivity (Wildman–Crippen MR) is 130 cm³/mol. The van der Waals surface area contributed by atoms with E-state index in [2.05, 4.69) is 9.97 Å². The van der Waals surface area contributed by atoms with Crippen LogP contribution in [-0.4, -0.2) is 42.9 Å². The fourth-order valence-corrected chi connectivity index (χ4v) is 5.08. The van der Waals surface area contributed by atoms with Crippen LogP contribution in [0.25, 0.3) is 10.9 Å². The molecule has 4 rings (SSSR count). The van der Waals surface area contributed by atoms with E-state index in [4.69, 9.17) is 9.47 Å². The number of H-pyrrole nitrogens is 1. The standard InChI is InChI=1S/C25H23N3O6S/c1-33-21-9-8-18-11-20(24(29)27-23(18)13-21)16-28(15-17-5-4-10-26-14-17)35(31,32)22-7-3-6-19(12-22)25(30)34-2/h3-14H,15-16H2,1-2H3,(H,27,29). The molecule has 4 aromatic rings. The highest BCUT2D eigenvalue weighted by Crippen LogP contribution is 2.23. The van der Waals surface area contributed by atoms with Gasteiger partial charge in [0.15, 0.2) is 0 Å². The number of hydrogen-bond donors (Lipinski definition) is 1. The average Bonchev–Trinajstić information content (AvgIpc) is 2.88. The van der Waals surface area contributed by atoms with Crippen molar-refractivity contribution in [3.05, 3.63) is 100 Å². The van der Waals surface area contributed by atoms with E-state index < -0.39 is 21.6 Å². The normalized spacial score (nSPS) is 11.5. The molecule has 0 radical (unpaired) electrons. The Morgan fingerprint density at radius 2 is 1.86 bits per heavy atom.